The Labute approximate surface area is 63.9 Å². The zero-order valence-electron chi connectivity index (χ0n) is 6.22. The minimum atomic E-state index is -0.862. The van der Waals surface area contributed by atoms with Crippen molar-refractivity contribution < 1.29 is 14.3 Å². The first-order valence-corrected chi connectivity index (χ1v) is 3.25. The van der Waals surface area contributed by atoms with E-state index >= 15 is 0 Å². The summed E-state index contributed by atoms with van der Waals surface area (Å²) in [7, 11) is 0. The summed E-state index contributed by atoms with van der Waals surface area (Å²) in [5.41, 5.74) is 4.96. The number of ether oxygens (including phenoxy) is 1. The van der Waals surface area contributed by atoms with Gasteiger partial charge in [-0.05, 0) is 6.92 Å². The Morgan fingerprint density at radius 1 is 1.64 bits per heavy atom. The molecule has 1 rings (SSSR count). The highest BCUT2D eigenvalue weighted by Gasteiger charge is 2.29. The molecule has 1 saturated heterocycles. The number of carbonyl (C=O) groups is 2. The maximum Gasteiger partial charge on any atom is 0.396 e. The molecular formula is C6H10N2O3. The van der Waals surface area contributed by atoms with E-state index in [1.807, 2.05) is 0 Å². The summed E-state index contributed by atoms with van der Waals surface area (Å²) in [5.74, 6) is -1.58. The lowest BCUT2D eigenvalue weighted by Gasteiger charge is -2.19. The van der Waals surface area contributed by atoms with E-state index in [2.05, 4.69) is 10.1 Å². The number of carbonyl (C=O) groups excluding carboxylic acids is 2. The fourth-order valence-corrected chi connectivity index (χ4v) is 0.701. The quantitative estimate of drug-likeness (QED) is 0.328. The Kier molecular flexibility index (Phi) is 1.82. The van der Waals surface area contributed by atoms with Gasteiger partial charge >= 0.3 is 11.9 Å². The second-order valence-corrected chi connectivity index (χ2v) is 2.91. The fraction of sp³-hybridized carbons (Fsp3) is 0.667. The van der Waals surface area contributed by atoms with E-state index in [0.717, 1.165) is 0 Å². The standard InChI is InChI=1S/C6H10N2O3/c1-6(7)2-8-4(9)5(10)11-3-6/h2-3,7H2,1H3,(H,8,9). The molecule has 1 aliphatic heterocycles. The van der Waals surface area contributed by atoms with Crippen molar-refractivity contribution >= 4 is 11.9 Å². The van der Waals surface area contributed by atoms with Crippen molar-refractivity contribution in [2.24, 2.45) is 5.73 Å². The smallest absolute Gasteiger partial charge is 0.396 e. The van der Waals surface area contributed by atoms with Crippen LogP contribution in [0.2, 0.25) is 0 Å². The van der Waals surface area contributed by atoms with E-state index in [-0.39, 0.29) is 13.2 Å². The second-order valence-electron chi connectivity index (χ2n) is 2.91. The molecule has 0 spiro atoms. The molecule has 11 heavy (non-hydrogen) atoms. The topological polar surface area (TPSA) is 81.4 Å². The third-order valence-electron chi connectivity index (χ3n) is 1.37. The van der Waals surface area contributed by atoms with E-state index in [1.165, 1.54) is 0 Å². The maximum atomic E-state index is 10.7. The average molecular weight is 158 g/mol. The number of esters is 1. The van der Waals surface area contributed by atoms with Crippen LogP contribution in [0.3, 0.4) is 0 Å². The van der Waals surface area contributed by atoms with Crippen LogP contribution in [-0.4, -0.2) is 30.6 Å². The lowest BCUT2D eigenvalue weighted by molar-refractivity contribution is -0.153. The molecule has 1 atom stereocenters. The maximum absolute atomic E-state index is 10.7. The van der Waals surface area contributed by atoms with Crippen molar-refractivity contribution in [3.05, 3.63) is 0 Å². The highest BCUT2D eigenvalue weighted by Crippen LogP contribution is 2.01. The normalized spacial score (nSPS) is 32.2. The molecular weight excluding hydrogens is 148 g/mol. The Bertz CT molecular complexity index is 180. The molecule has 0 saturated carbocycles. The molecule has 1 aliphatic rings. The summed E-state index contributed by atoms with van der Waals surface area (Å²) in [4.78, 5) is 21.3. The number of nitrogens with two attached hydrogens (primary N) is 1. The Hall–Kier alpha value is -1.10. The number of hydrogen-bond acceptors (Lipinski definition) is 4. The van der Waals surface area contributed by atoms with Gasteiger partial charge in [0.1, 0.15) is 6.61 Å². The average Bonchev–Trinajstić information content (AvgIpc) is 2.03. The molecule has 1 amide bonds. The minimum Gasteiger partial charge on any atom is -0.457 e. The van der Waals surface area contributed by atoms with Gasteiger partial charge in [-0.2, -0.15) is 0 Å². The monoisotopic (exact) mass is 158 g/mol. The molecule has 0 aromatic rings. The molecule has 5 heteroatoms. The zero-order valence-corrected chi connectivity index (χ0v) is 6.22. The van der Waals surface area contributed by atoms with Crippen molar-refractivity contribution in [2.45, 2.75) is 12.5 Å². The van der Waals surface area contributed by atoms with Crippen LogP contribution in [0.1, 0.15) is 6.92 Å². The minimum absolute atomic E-state index is 0.0740. The van der Waals surface area contributed by atoms with Gasteiger partial charge in [0.25, 0.3) is 0 Å². The third kappa shape index (κ3) is 1.91. The van der Waals surface area contributed by atoms with Crippen LogP contribution in [0.25, 0.3) is 0 Å². The fourth-order valence-electron chi connectivity index (χ4n) is 0.701. The van der Waals surface area contributed by atoms with Crippen molar-refractivity contribution in [3.8, 4) is 0 Å². The molecule has 0 bridgehead atoms. The van der Waals surface area contributed by atoms with Crippen LogP contribution >= 0.6 is 0 Å². The van der Waals surface area contributed by atoms with E-state index < -0.39 is 17.4 Å². The zero-order chi connectivity index (χ0) is 8.48. The van der Waals surface area contributed by atoms with E-state index in [4.69, 9.17) is 5.73 Å². The van der Waals surface area contributed by atoms with Crippen LogP contribution in [0.5, 0.6) is 0 Å². The van der Waals surface area contributed by atoms with Crippen molar-refractivity contribution in [1.29, 1.82) is 0 Å². The molecule has 3 N–H and O–H groups in total. The van der Waals surface area contributed by atoms with Gasteiger partial charge in [0.2, 0.25) is 0 Å². The summed E-state index contributed by atoms with van der Waals surface area (Å²) in [5, 5.41) is 2.35. The Morgan fingerprint density at radius 2 is 2.27 bits per heavy atom. The summed E-state index contributed by atoms with van der Waals surface area (Å²) < 4.78 is 4.55. The number of cyclic esters (lactones) is 1. The number of nitrogens with one attached hydrogen (secondary N) is 1. The van der Waals surface area contributed by atoms with Crippen molar-refractivity contribution in [3.63, 3.8) is 0 Å². The van der Waals surface area contributed by atoms with Gasteiger partial charge in [-0.1, -0.05) is 0 Å². The molecule has 1 fully saturated rings. The largest absolute Gasteiger partial charge is 0.457 e. The Morgan fingerprint density at radius 3 is 2.91 bits per heavy atom. The van der Waals surface area contributed by atoms with E-state index in [0.29, 0.717) is 0 Å². The first kappa shape index (κ1) is 8.00. The molecule has 0 radical (unpaired) electrons. The molecule has 0 aliphatic carbocycles. The van der Waals surface area contributed by atoms with Crippen LogP contribution in [0, 0.1) is 0 Å². The molecule has 5 nitrogen and oxygen atoms in total. The second kappa shape index (κ2) is 2.50. The van der Waals surface area contributed by atoms with Crippen LogP contribution in [0.4, 0.5) is 0 Å². The van der Waals surface area contributed by atoms with Crippen molar-refractivity contribution in [1.82, 2.24) is 5.32 Å². The van der Waals surface area contributed by atoms with Gasteiger partial charge in [-0.3, -0.25) is 4.79 Å². The number of rotatable bonds is 0. The van der Waals surface area contributed by atoms with Crippen LogP contribution in [-0.2, 0) is 14.3 Å². The summed E-state index contributed by atoms with van der Waals surface area (Å²) in [6, 6.07) is 0. The highest BCUT2D eigenvalue weighted by atomic mass is 16.5. The van der Waals surface area contributed by atoms with Gasteiger partial charge in [0.15, 0.2) is 0 Å². The number of amides is 1. The molecule has 0 aromatic heterocycles. The van der Waals surface area contributed by atoms with Gasteiger partial charge in [-0.15, -0.1) is 0 Å². The first-order chi connectivity index (χ1) is 5.01. The predicted octanol–water partition coefficient (Wildman–Crippen LogP) is -1.62. The third-order valence-corrected chi connectivity index (χ3v) is 1.37. The van der Waals surface area contributed by atoms with Crippen LogP contribution in [0.15, 0.2) is 0 Å². The summed E-state index contributed by atoms with van der Waals surface area (Å²) in [6.07, 6.45) is 0. The molecule has 62 valence electrons. The molecule has 1 heterocycles. The summed E-state index contributed by atoms with van der Waals surface area (Å²) >= 11 is 0. The van der Waals surface area contributed by atoms with Gasteiger partial charge in [0.05, 0.1) is 5.54 Å². The van der Waals surface area contributed by atoms with Gasteiger partial charge in [0, 0.05) is 6.54 Å². The highest BCUT2D eigenvalue weighted by molar-refractivity contribution is 6.32. The SMILES string of the molecule is CC1(N)CNC(=O)C(=O)OC1. The van der Waals surface area contributed by atoms with E-state index in [1.54, 1.807) is 6.92 Å². The predicted molar refractivity (Wildman–Crippen MR) is 36.6 cm³/mol. The van der Waals surface area contributed by atoms with Crippen LogP contribution < -0.4 is 11.1 Å². The lowest BCUT2D eigenvalue weighted by Crippen LogP contribution is -2.48. The van der Waals surface area contributed by atoms with Gasteiger partial charge in [-0.25, -0.2) is 4.79 Å². The lowest BCUT2D eigenvalue weighted by atomic mass is 10.1. The van der Waals surface area contributed by atoms with Gasteiger partial charge < -0.3 is 15.8 Å². The van der Waals surface area contributed by atoms with Crippen molar-refractivity contribution in [2.75, 3.05) is 13.2 Å². The molecule has 0 aromatic carbocycles. The van der Waals surface area contributed by atoms with E-state index in [9.17, 15) is 9.59 Å². The number of hydrogen-bond donors (Lipinski definition) is 2. The Balaban J connectivity index is 2.66. The molecule has 1 unspecified atom stereocenters. The summed E-state index contributed by atoms with van der Waals surface area (Å²) in [6.45, 7) is 2.04. The first-order valence-electron chi connectivity index (χ1n) is 3.25.